The van der Waals surface area contributed by atoms with Crippen molar-refractivity contribution in [2.24, 2.45) is 0 Å². The van der Waals surface area contributed by atoms with E-state index in [4.69, 9.17) is 16.3 Å². The van der Waals surface area contributed by atoms with E-state index in [0.717, 1.165) is 37.6 Å². The van der Waals surface area contributed by atoms with Crippen LogP contribution in [-0.4, -0.2) is 26.8 Å². The minimum Gasteiger partial charge on any atom is -0.384 e. The van der Waals surface area contributed by atoms with Gasteiger partial charge in [-0.1, -0.05) is 23.7 Å². The van der Waals surface area contributed by atoms with Gasteiger partial charge in [-0.3, -0.25) is 0 Å². The van der Waals surface area contributed by atoms with Gasteiger partial charge in [-0.2, -0.15) is 0 Å². The molecule has 0 amide bonds. The number of methoxy groups -OCH3 is 1. The molecule has 1 N–H and O–H groups in total. The van der Waals surface area contributed by atoms with Gasteiger partial charge in [-0.25, -0.2) is 0 Å². The van der Waals surface area contributed by atoms with Crippen LogP contribution in [0.1, 0.15) is 18.4 Å². The third-order valence-corrected chi connectivity index (χ3v) is 3.65. The first-order chi connectivity index (χ1) is 7.77. The van der Waals surface area contributed by atoms with Crippen molar-refractivity contribution in [1.29, 1.82) is 0 Å². The Bertz CT molecular complexity index is 342. The molecular weight excluding hydrogens is 222 g/mol. The summed E-state index contributed by atoms with van der Waals surface area (Å²) in [4.78, 5) is 0. The summed E-state index contributed by atoms with van der Waals surface area (Å²) in [6, 6.07) is 8.19. The van der Waals surface area contributed by atoms with Gasteiger partial charge < -0.3 is 10.1 Å². The van der Waals surface area contributed by atoms with Crippen LogP contribution in [0.15, 0.2) is 24.3 Å². The van der Waals surface area contributed by atoms with Crippen molar-refractivity contribution < 1.29 is 4.74 Å². The number of piperidine rings is 1. The van der Waals surface area contributed by atoms with Crippen LogP contribution in [0.4, 0.5) is 0 Å². The normalized spacial score (nSPS) is 19.6. The SMILES string of the molecule is COCC1(c2cccc(Cl)c2)CCNCC1. The molecule has 1 fully saturated rings. The fourth-order valence-electron chi connectivity index (χ4n) is 2.52. The summed E-state index contributed by atoms with van der Waals surface area (Å²) >= 11 is 6.07. The molecule has 0 saturated carbocycles. The van der Waals surface area contributed by atoms with E-state index < -0.39 is 0 Å². The second-order valence-corrected chi connectivity index (χ2v) is 4.91. The standard InChI is InChI=1S/C13H18ClNO/c1-16-10-13(5-7-15-8-6-13)11-3-2-4-12(14)9-11/h2-4,9,15H,5-8,10H2,1H3. The number of rotatable bonds is 3. The smallest absolute Gasteiger partial charge is 0.0560 e. The number of nitrogens with one attached hydrogen (secondary N) is 1. The Labute approximate surface area is 102 Å². The molecule has 2 nitrogen and oxygen atoms in total. The maximum atomic E-state index is 6.07. The van der Waals surface area contributed by atoms with Crippen molar-refractivity contribution in [1.82, 2.24) is 5.32 Å². The van der Waals surface area contributed by atoms with E-state index >= 15 is 0 Å². The molecule has 0 radical (unpaired) electrons. The summed E-state index contributed by atoms with van der Waals surface area (Å²) in [5.74, 6) is 0. The van der Waals surface area contributed by atoms with Crippen molar-refractivity contribution >= 4 is 11.6 Å². The van der Waals surface area contributed by atoms with Crippen LogP contribution in [0.3, 0.4) is 0 Å². The molecule has 1 heterocycles. The van der Waals surface area contributed by atoms with Gasteiger partial charge in [-0.05, 0) is 43.6 Å². The summed E-state index contributed by atoms with van der Waals surface area (Å²) in [6.07, 6.45) is 2.22. The van der Waals surface area contributed by atoms with Gasteiger partial charge in [0.05, 0.1) is 6.61 Å². The molecule has 1 aromatic rings. The van der Waals surface area contributed by atoms with Crippen LogP contribution < -0.4 is 5.32 Å². The molecule has 0 spiro atoms. The van der Waals surface area contributed by atoms with Crippen LogP contribution in [0, 0.1) is 0 Å². The van der Waals surface area contributed by atoms with Gasteiger partial charge in [0, 0.05) is 17.5 Å². The topological polar surface area (TPSA) is 21.3 Å². The van der Waals surface area contributed by atoms with Gasteiger partial charge >= 0.3 is 0 Å². The maximum absolute atomic E-state index is 6.07. The molecule has 0 aliphatic carbocycles. The van der Waals surface area contributed by atoms with Crippen molar-refractivity contribution in [3.63, 3.8) is 0 Å². The van der Waals surface area contributed by atoms with Gasteiger partial charge in [0.2, 0.25) is 0 Å². The minimum absolute atomic E-state index is 0.144. The zero-order valence-corrected chi connectivity index (χ0v) is 10.4. The van der Waals surface area contributed by atoms with Crippen molar-refractivity contribution in [3.8, 4) is 0 Å². The molecule has 0 bridgehead atoms. The highest BCUT2D eigenvalue weighted by molar-refractivity contribution is 6.30. The number of ether oxygens (including phenoxy) is 1. The number of halogens is 1. The van der Waals surface area contributed by atoms with E-state index in [2.05, 4.69) is 17.4 Å². The van der Waals surface area contributed by atoms with Crippen LogP contribution in [-0.2, 0) is 10.2 Å². The Morgan fingerprint density at radius 1 is 1.38 bits per heavy atom. The fourth-order valence-corrected chi connectivity index (χ4v) is 2.71. The van der Waals surface area contributed by atoms with Gasteiger partial charge in [0.15, 0.2) is 0 Å². The molecule has 3 heteroatoms. The van der Waals surface area contributed by atoms with Gasteiger partial charge in [-0.15, -0.1) is 0 Å². The van der Waals surface area contributed by atoms with Gasteiger partial charge in [0.25, 0.3) is 0 Å². The first kappa shape index (κ1) is 11.9. The summed E-state index contributed by atoms with van der Waals surface area (Å²) < 4.78 is 5.41. The second-order valence-electron chi connectivity index (χ2n) is 4.47. The lowest BCUT2D eigenvalue weighted by molar-refractivity contribution is 0.108. The van der Waals surface area contributed by atoms with Crippen LogP contribution in [0.25, 0.3) is 0 Å². The highest BCUT2D eigenvalue weighted by atomic mass is 35.5. The zero-order chi connectivity index (χ0) is 11.4. The average Bonchev–Trinajstić information content (AvgIpc) is 2.31. The van der Waals surface area contributed by atoms with E-state index in [0.29, 0.717) is 0 Å². The minimum atomic E-state index is 0.144. The monoisotopic (exact) mass is 239 g/mol. The Kier molecular flexibility index (Phi) is 3.85. The molecule has 0 atom stereocenters. The van der Waals surface area contributed by atoms with E-state index in [1.165, 1.54) is 5.56 Å². The van der Waals surface area contributed by atoms with Crippen molar-refractivity contribution in [2.45, 2.75) is 18.3 Å². The molecule has 1 saturated heterocycles. The summed E-state index contributed by atoms with van der Waals surface area (Å²) in [5.41, 5.74) is 1.45. The average molecular weight is 240 g/mol. The number of benzene rings is 1. The maximum Gasteiger partial charge on any atom is 0.0560 e. The molecule has 16 heavy (non-hydrogen) atoms. The van der Waals surface area contributed by atoms with Crippen molar-refractivity contribution in [2.75, 3.05) is 26.8 Å². The molecule has 0 unspecified atom stereocenters. The highest BCUT2D eigenvalue weighted by Gasteiger charge is 2.33. The molecule has 88 valence electrons. The Morgan fingerprint density at radius 2 is 2.12 bits per heavy atom. The predicted octanol–water partition coefficient (Wildman–Crippen LogP) is 2.61. The second kappa shape index (κ2) is 5.17. The Morgan fingerprint density at radius 3 is 2.75 bits per heavy atom. The highest BCUT2D eigenvalue weighted by Crippen LogP contribution is 2.34. The van der Waals surface area contributed by atoms with E-state index in [9.17, 15) is 0 Å². The molecule has 0 aromatic heterocycles. The van der Waals surface area contributed by atoms with E-state index in [-0.39, 0.29) is 5.41 Å². The molecular formula is C13H18ClNO. The molecule has 2 rings (SSSR count). The quantitative estimate of drug-likeness (QED) is 0.876. The van der Waals surface area contributed by atoms with Crippen LogP contribution in [0.5, 0.6) is 0 Å². The van der Waals surface area contributed by atoms with Crippen molar-refractivity contribution in [3.05, 3.63) is 34.9 Å². The summed E-state index contributed by atoms with van der Waals surface area (Å²) in [6.45, 7) is 2.88. The lowest BCUT2D eigenvalue weighted by Gasteiger charge is -2.37. The summed E-state index contributed by atoms with van der Waals surface area (Å²) in [7, 11) is 1.77. The van der Waals surface area contributed by atoms with E-state index in [1.54, 1.807) is 7.11 Å². The number of hydrogen-bond donors (Lipinski definition) is 1. The molecule has 1 aliphatic rings. The zero-order valence-electron chi connectivity index (χ0n) is 9.63. The van der Waals surface area contributed by atoms with E-state index in [1.807, 2.05) is 12.1 Å². The largest absolute Gasteiger partial charge is 0.384 e. The Balaban J connectivity index is 2.30. The first-order valence-electron chi connectivity index (χ1n) is 5.73. The summed E-state index contributed by atoms with van der Waals surface area (Å²) in [5, 5.41) is 4.21. The van der Waals surface area contributed by atoms with Crippen LogP contribution >= 0.6 is 11.6 Å². The predicted molar refractivity (Wildman–Crippen MR) is 67.1 cm³/mol. The number of hydrogen-bond acceptors (Lipinski definition) is 2. The molecule has 1 aromatic carbocycles. The third-order valence-electron chi connectivity index (χ3n) is 3.42. The third kappa shape index (κ3) is 2.40. The lowest BCUT2D eigenvalue weighted by atomic mass is 9.74. The Hall–Kier alpha value is -0.570. The lowest BCUT2D eigenvalue weighted by Crippen LogP contribution is -2.42. The van der Waals surface area contributed by atoms with Crippen LogP contribution in [0.2, 0.25) is 5.02 Å². The van der Waals surface area contributed by atoms with Gasteiger partial charge in [0.1, 0.15) is 0 Å². The fraction of sp³-hybridized carbons (Fsp3) is 0.538. The first-order valence-corrected chi connectivity index (χ1v) is 6.10. The molecule has 1 aliphatic heterocycles.